The van der Waals surface area contributed by atoms with Crippen molar-refractivity contribution in [1.82, 2.24) is 24.7 Å². The molecule has 150 valence electrons. The van der Waals surface area contributed by atoms with E-state index in [0.717, 1.165) is 21.4 Å². The molecule has 4 aromatic rings. The Hall–Kier alpha value is -2.39. The zero-order valence-electron chi connectivity index (χ0n) is 16.1. The van der Waals surface area contributed by atoms with Crippen molar-refractivity contribution in [2.75, 3.05) is 0 Å². The van der Waals surface area contributed by atoms with Gasteiger partial charge in [0, 0.05) is 17.0 Å². The van der Waals surface area contributed by atoms with Crippen LogP contribution >= 0.6 is 23.1 Å². The molecule has 1 fully saturated rings. The smallest absolute Gasteiger partial charge is 0.260 e. The van der Waals surface area contributed by atoms with Gasteiger partial charge in [-0.15, -0.1) is 21.5 Å². The molecule has 0 aromatic carbocycles. The molecule has 1 saturated carbocycles. The minimum atomic E-state index is -0.136. The molecule has 0 bridgehead atoms. The van der Waals surface area contributed by atoms with E-state index in [-0.39, 0.29) is 5.56 Å². The number of aryl methyl sites for hydroxylation is 1. The van der Waals surface area contributed by atoms with E-state index in [0.29, 0.717) is 28.8 Å². The van der Waals surface area contributed by atoms with Crippen molar-refractivity contribution in [2.45, 2.75) is 56.0 Å². The van der Waals surface area contributed by atoms with E-state index in [1.165, 1.54) is 43.4 Å². The highest BCUT2D eigenvalue weighted by molar-refractivity contribution is 7.98. The SMILES string of the molecule is Cc1nnc(SCc2nc3scc(-c4ccco4)c3c(=O)[nH]2)n1C1CCCCC1. The Labute approximate surface area is 175 Å². The van der Waals surface area contributed by atoms with Gasteiger partial charge in [0.1, 0.15) is 22.2 Å². The number of nitrogens with one attached hydrogen (secondary N) is 1. The summed E-state index contributed by atoms with van der Waals surface area (Å²) in [7, 11) is 0. The van der Waals surface area contributed by atoms with Crippen LogP contribution in [-0.2, 0) is 5.75 Å². The number of furan rings is 1. The Morgan fingerprint density at radius 1 is 1.31 bits per heavy atom. The van der Waals surface area contributed by atoms with E-state index < -0.39 is 0 Å². The normalized spacial score (nSPS) is 15.3. The summed E-state index contributed by atoms with van der Waals surface area (Å²) in [5.41, 5.74) is 0.652. The third-order valence-corrected chi connectivity index (χ3v) is 7.22. The fraction of sp³-hybridized carbons (Fsp3) is 0.400. The summed E-state index contributed by atoms with van der Waals surface area (Å²) in [5.74, 6) is 2.83. The number of nitrogens with zero attached hydrogens (tertiary/aromatic N) is 4. The summed E-state index contributed by atoms with van der Waals surface area (Å²) in [6, 6.07) is 4.14. The van der Waals surface area contributed by atoms with E-state index >= 15 is 0 Å². The molecule has 4 aromatic heterocycles. The summed E-state index contributed by atoms with van der Waals surface area (Å²) < 4.78 is 7.72. The van der Waals surface area contributed by atoms with Gasteiger partial charge in [-0.25, -0.2) is 4.98 Å². The minimum absolute atomic E-state index is 0.136. The summed E-state index contributed by atoms with van der Waals surface area (Å²) in [6.45, 7) is 2.01. The van der Waals surface area contributed by atoms with Crippen LogP contribution in [0.4, 0.5) is 0 Å². The Balaban J connectivity index is 1.40. The van der Waals surface area contributed by atoms with Gasteiger partial charge in [-0.3, -0.25) is 4.79 Å². The predicted molar refractivity (Wildman–Crippen MR) is 114 cm³/mol. The first-order valence-corrected chi connectivity index (χ1v) is 11.7. The van der Waals surface area contributed by atoms with Crippen LogP contribution in [0, 0.1) is 6.92 Å². The molecule has 29 heavy (non-hydrogen) atoms. The van der Waals surface area contributed by atoms with Crippen molar-refractivity contribution in [1.29, 1.82) is 0 Å². The molecule has 0 amide bonds. The molecular formula is C20H21N5O2S2. The molecule has 5 rings (SSSR count). The largest absolute Gasteiger partial charge is 0.464 e. The van der Waals surface area contributed by atoms with Crippen LogP contribution < -0.4 is 5.56 Å². The number of hydrogen-bond donors (Lipinski definition) is 1. The number of aromatic nitrogens is 5. The number of H-pyrrole nitrogens is 1. The van der Waals surface area contributed by atoms with E-state index in [4.69, 9.17) is 4.42 Å². The number of hydrogen-bond acceptors (Lipinski definition) is 7. The maximum absolute atomic E-state index is 12.7. The molecule has 0 atom stereocenters. The lowest BCUT2D eigenvalue weighted by atomic mass is 9.95. The maximum atomic E-state index is 12.7. The number of fused-ring (bicyclic) bond motifs is 1. The summed E-state index contributed by atoms with van der Waals surface area (Å²) in [4.78, 5) is 21.1. The fourth-order valence-corrected chi connectivity index (χ4v) is 5.88. The van der Waals surface area contributed by atoms with Gasteiger partial charge >= 0.3 is 0 Å². The number of thioether (sulfide) groups is 1. The molecular weight excluding hydrogens is 406 g/mol. The van der Waals surface area contributed by atoms with Gasteiger partial charge in [-0.2, -0.15) is 0 Å². The summed E-state index contributed by atoms with van der Waals surface area (Å²) in [6.07, 6.45) is 7.79. The quantitative estimate of drug-likeness (QED) is 0.454. The van der Waals surface area contributed by atoms with Crippen molar-refractivity contribution < 1.29 is 4.42 Å². The molecule has 4 heterocycles. The molecule has 0 radical (unpaired) electrons. The monoisotopic (exact) mass is 427 g/mol. The highest BCUT2D eigenvalue weighted by Gasteiger charge is 2.22. The second kappa shape index (κ2) is 7.79. The lowest BCUT2D eigenvalue weighted by Gasteiger charge is -2.24. The predicted octanol–water partition coefficient (Wildman–Crippen LogP) is 4.94. The first kappa shape index (κ1) is 18.6. The van der Waals surface area contributed by atoms with Crippen LogP contribution in [-0.4, -0.2) is 24.7 Å². The zero-order chi connectivity index (χ0) is 19.8. The first-order chi connectivity index (χ1) is 14.2. The third kappa shape index (κ3) is 3.53. The molecule has 0 saturated heterocycles. The fourth-order valence-electron chi connectivity index (χ4n) is 4.02. The van der Waals surface area contributed by atoms with Gasteiger partial charge < -0.3 is 14.0 Å². The summed E-state index contributed by atoms with van der Waals surface area (Å²) >= 11 is 3.04. The zero-order valence-corrected chi connectivity index (χ0v) is 17.7. The van der Waals surface area contributed by atoms with Gasteiger partial charge in [0.2, 0.25) is 0 Å². The van der Waals surface area contributed by atoms with Crippen molar-refractivity contribution in [3.63, 3.8) is 0 Å². The number of thiophene rings is 1. The Morgan fingerprint density at radius 2 is 2.17 bits per heavy atom. The molecule has 1 aliphatic rings. The molecule has 0 unspecified atom stereocenters. The van der Waals surface area contributed by atoms with E-state index in [2.05, 4.69) is 24.7 Å². The first-order valence-electron chi connectivity index (χ1n) is 9.79. The standard InChI is InChI=1S/C20H21N5O2S2/c1-12-23-24-20(25(12)13-6-3-2-4-7-13)29-11-16-21-18(26)17-14(10-28-19(17)22-16)15-8-5-9-27-15/h5,8-10,13H,2-4,6-7,11H2,1H3,(H,21,22,26). The van der Waals surface area contributed by atoms with Crippen molar-refractivity contribution in [2.24, 2.45) is 0 Å². The van der Waals surface area contributed by atoms with E-state index in [9.17, 15) is 4.79 Å². The van der Waals surface area contributed by atoms with E-state index in [1.807, 2.05) is 24.4 Å². The minimum Gasteiger partial charge on any atom is -0.464 e. The van der Waals surface area contributed by atoms with Crippen LogP contribution in [0.1, 0.15) is 49.8 Å². The van der Waals surface area contributed by atoms with Gasteiger partial charge in [-0.05, 0) is 31.9 Å². The number of aromatic amines is 1. The average Bonchev–Trinajstić information content (AvgIpc) is 3.46. The second-order valence-electron chi connectivity index (χ2n) is 7.30. The van der Waals surface area contributed by atoms with Crippen LogP contribution in [0.15, 0.2) is 38.1 Å². The Morgan fingerprint density at radius 3 is 2.97 bits per heavy atom. The molecule has 0 spiro atoms. The van der Waals surface area contributed by atoms with Gasteiger partial charge in [0.25, 0.3) is 5.56 Å². The highest BCUT2D eigenvalue weighted by Crippen LogP contribution is 2.34. The van der Waals surface area contributed by atoms with Gasteiger partial charge in [0.15, 0.2) is 5.16 Å². The second-order valence-corrected chi connectivity index (χ2v) is 9.10. The van der Waals surface area contributed by atoms with Crippen LogP contribution in [0.3, 0.4) is 0 Å². The highest BCUT2D eigenvalue weighted by atomic mass is 32.2. The molecule has 0 aliphatic heterocycles. The molecule has 9 heteroatoms. The van der Waals surface area contributed by atoms with Crippen LogP contribution in [0.2, 0.25) is 0 Å². The van der Waals surface area contributed by atoms with Gasteiger partial charge in [0.05, 0.1) is 17.4 Å². The average molecular weight is 428 g/mol. The Bertz CT molecular complexity index is 1190. The lowest BCUT2D eigenvalue weighted by Crippen LogP contribution is -2.15. The van der Waals surface area contributed by atoms with Gasteiger partial charge in [-0.1, -0.05) is 31.0 Å². The number of rotatable bonds is 5. The lowest BCUT2D eigenvalue weighted by molar-refractivity contribution is 0.332. The Kier molecular flexibility index (Phi) is 5.01. The molecule has 7 nitrogen and oxygen atoms in total. The molecule has 1 aliphatic carbocycles. The van der Waals surface area contributed by atoms with Crippen molar-refractivity contribution in [3.8, 4) is 11.3 Å². The van der Waals surface area contributed by atoms with Crippen LogP contribution in [0.5, 0.6) is 0 Å². The van der Waals surface area contributed by atoms with Crippen molar-refractivity contribution >= 4 is 33.3 Å². The summed E-state index contributed by atoms with van der Waals surface area (Å²) in [5, 5.41) is 12.1. The van der Waals surface area contributed by atoms with E-state index in [1.54, 1.807) is 18.0 Å². The topological polar surface area (TPSA) is 89.6 Å². The van der Waals surface area contributed by atoms with Crippen molar-refractivity contribution in [3.05, 3.63) is 45.8 Å². The van der Waals surface area contributed by atoms with Crippen LogP contribution in [0.25, 0.3) is 21.5 Å². The molecule has 1 N–H and O–H groups in total. The maximum Gasteiger partial charge on any atom is 0.260 e. The third-order valence-electron chi connectivity index (χ3n) is 5.39.